The molecule has 0 bridgehead atoms. The molecule has 0 atom stereocenters. The Morgan fingerprint density at radius 1 is 0.944 bits per heavy atom. The van der Waals surface area contributed by atoms with Crippen LogP contribution in [0, 0.1) is 10.1 Å². The van der Waals surface area contributed by atoms with Crippen molar-refractivity contribution in [3.05, 3.63) is 103 Å². The Kier molecular flexibility index (Phi) is 7.25. The lowest BCUT2D eigenvalue weighted by Gasteiger charge is -2.26. The van der Waals surface area contributed by atoms with Crippen LogP contribution in [0.25, 0.3) is 6.08 Å². The highest BCUT2D eigenvalue weighted by atomic mass is 35.5. The van der Waals surface area contributed by atoms with Crippen molar-refractivity contribution in [3.8, 4) is 5.75 Å². The van der Waals surface area contributed by atoms with Gasteiger partial charge in [-0.1, -0.05) is 53.0 Å². The number of halogens is 3. The summed E-state index contributed by atoms with van der Waals surface area (Å²) in [5.41, 5.74) is 0.408. The predicted octanol–water partition coefficient (Wildman–Crippen LogP) is 5.80. The van der Waals surface area contributed by atoms with Crippen molar-refractivity contribution < 1.29 is 24.0 Å². The van der Waals surface area contributed by atoms with Gasteiger partial charge in [-0.15, -0.1) is 0 Å². The minimum atomic E-state index is -1.02. The van der Waals surface area contributed by atoms with Crippen molar-refractivity contribution >= 4 is 70.1 Å². The van der Waals surface area contributed by atoms with Gasteiger partial charge in [0.1, 0.15) is 17.9 Å². The maximum Gasteiger partial charge on any atom is 0.335 e. The van der Waals surface area contributed by atoms with Gasteiger partial charge in [0.15, 0.2) is 0 Å². The molecule has 4 rings (SSSR count). The van der Waals surface area contributed by atoms with Crippen molar-refractivity contribution in [2.75, 3.05) is 4.90 Å². The lowest BCUT2D eigenvalue weighted by atomic mass is 10.1. The summed E-state index contributed by atoms with van der Waals surface area (Å²) in [4.78, 5) is 48.8. The summed E-state index contributed by atoms with van der Waals surface area (Å²) in [5, 5.41) is 14.2. The number of nitrogens with one attached hydrogen (secondary N) is 1. The molecule has 36 heavy (non-hydrogen) atoms. The van der Waals surface area contributed by atoms with E-state index < -0.39 is 22.8 Å². The average Bonchev–Trinajstić information content (AvgIpc) is 2.83. The number of rotatable bonds is 6. The zero-order chi connectivity index (χ0) is 26.0. The number of non-ortho nitro benzene ring substituents is 1. The van der Waals surface area contributed by atoms with Crippen LogP contribution in [0.3, 0.4) is 0 Å². The van der Waals surface area contributed by atoms with E-state index in [9.17, 15) is 24.5 Å². The van der Waals surface area contributed by atoms with E-state index in [4.69, 9.17) is 39.5 Å². The monoisotopic (exact) mass is 545 g/mol. The molecule has 0 spiro atoms. The topological polar surface area (TPSA) is 119 Å². The third-order valence-electron chi connectivity index (χ3n) is 5.05. The Labute approximate surface area is 219 Å². The van der Waals surface area contributed by atoms with Gasteiger partial charge in [-0.2, -0.15) is 0 Å². The number of urea groups is 1. The molecule has 1 aliphatic rings. The molecule has 0 aliphatic carbocycles. The van der Waals surface area contributed by atoms with E-state index in [0.717, 1.165) is 11.6 Å². The standard InChI is InChI=1S/C24H14Cl3N3O6/c25-18-6-4-14(10-19(18)26)12-36-21-7-5-13(9-20(21)27)8-17-22(31)28-24(33)29(23(17)32)15-2-1-3-16(11-15)30(34)35/h1-11H,12H2,(H,28,31,33)/b17-8+. The molecule has 182 valence electrons. The van der Waals surface area contributed by atoms with E-state index in [-0.39, 0.29) is 28.6 Å². The van der Waals surface area contributed by atoms with Gasteiger partial charge in [0.05, 0.1) is 25.7 Å². The molecular formula is C24H14Cl3N3O6. The van der Waals surface area contributed by atoms with Gasteiger partial charge in [0, 0.05) is 12.1 Å². The fraction of sp³-hybridized carbons (Fsp3) is 0.0417. The van der Waals surface area contributed by atoms with Crippen LogP contribution in [-0.4, -0.2) is 22.8 Å². The van der Waals surface area contributed by atoms with Crippen molar-refractivity contribution in [1.29, 1.82) is 0 Å². The molecule has 0 saturated carbocycles. The first-order valence-electron chi connectivity index (χ1n) is 10.2. The van der Waals surface area contributed by atoms with Crippen LogP contribution in [0.1, 0.15) is 11.1 Å². The quantitative estimate of drug-likeness (QED) is 0.181. The highest BCUT2D eigenvalue weighted by Gasteiger charge is 2.37. The SMILES string of the molecule is O=C1NC(=O)N(c2cccc([N+](=O)[O-])c2)C(=O)/C1=C/c1ccc(OCc2ccc(Cl)c(Cl)c2)c(Cl)c1. The van der Waals surface area contributed by atoms with E-state index in [0.29, 0.717) is 26.3 Å². The number of hydrogen-bond donors (Lipinski definition) is 1. The number of imide groups is 2. The van der Waals surface area contributed by atoms with E-state index in [1.54, 1.807) is 30.3 Å². The number of barbiturate groups is 1. The second kappa shape index (κ2) is 10.4. The lowest BCUT2D eigenvalue weighted by Crippen LogP contribution is -2.54. The summed E-state index contributed by atoms with van der Waals surface area (Å²) < 4.78 is 5.72. The Bertz CT molecular complexity index is 1460. The molecule has 4 amide bonds. The molecule has 3 aromatic rings. The van der Waals surface area contributed by atoms with Gasteiger partial charge in [-0.05, 0) is 47.5 Å². The maximum atomic E-state index is 13.0. The number of nitrogens with zero attached hydrogens (tertiary/aromatic N) is 2. The fourth-order valence-electron chi connectivity index (χ4n) is 3.32. The Hall–Kier alpha value is -3.92. The summed E-state index contributed by atoms with van der Waals surface area (Å²) in [6.07, 6.45) is 1.25. The molecule has 1 N–H and O–H groups in total. The molecule has 12 heteroatoms. The number of benzene rings is 3. The number of ether oxygens (including phenoxy) is 1. The van der Waals surface area contributed by atoms with Crippen molar-refractivity contribution in [1.82, 2.24) is 5.32 Å². The minimum Gasteiger partial charge on any atom is -0.487 e. The van der Waals surface area contributed by atoms with E-state index >= 15 is 0 Å². The average molecular weight is 547 g/mol. The molecule has 9 nitrogen and oxygen atoms in total. The second-order valence-electron chi connectivity index (χ2n) is 7.46. The molecule has 0 unspecified atom stereocenters. The van der Waals surface area contributed by atoms with E-state index in [1.807, 2.05) is 0 Å². The summed E-state index contributed by atoms with van der Waals surface area (Å²) in [5.74, 6) is -1.51. The van der Waals surface area contributed by atoms with Crippen LogP contribution >= 0.6 is 34.8 Å². The smallest absolute Gasteiger partial charge is 0.335 e. The number of nitro benzene ring substituents is 1. The molecule has 0 radical (unpaired) electrons. The van der Waals surface area contributed by atoms with Gasteiger partial charge in [-0.3, -0.25) is 25.0 Å². The normalized spacial score (nSPS) is 14.7. The van der Waals surface area contributed by atoms with Crippen LogP contribution in [0.4, 0.5) is 16.2 Å². The molecule has 1 fully saturated rings. The number of nitro groups is 1. The molecule has 3 aromatic carbocycles. The van der Waals surface area contributed by atoms with Crippen molar-refractivity contribution in [2.24, 2.45) is 0 Å². The van der Waals surface area contributed by atoms with Gasteiger partial charge in [0.2, 0.25) is 0 Å². The molecule has 1 heterocycles. The van der Waals surface area contributed by atoms with Crippen LogP contribution in [0.5, 0.6) is 5.75 Å². The number of carbonyl (C=O) groups excluding carboxylic acids is 3. The van der Waals surface area contributed by atoms with Crippen LogP contribution < -0.4 is 15.0 Å². The van der Waals surface area contributed by atoms with Crippen molar-refractivity contribution in [3.63, 3.8) is 0 Å². The first-order chi connectivity index (χ1) is 17.1. The zero-order valence-corrected chi connectivity index (χ0v) is 20.3. The van der Waals surface area contributed by atoms with Crippen LogP contribution in [0.15, 0.2) is 66.2 Å². The van der Waals surface area contributed by atoms with E-state index in [2.05, 4.69) is 5.32 Å². The lowest BCUT2D eigenvalue weighted by molar-refractivity contribution is -0.384. The summed E-state index contributed by atoms with van der Waals surface area (Å²) in [6, 6.07) is 13.6. The Morgan fingerprint density at radius 2 is 1.72 bits per heavy atom. The minimum absolute atomic E-state index is 0.0609. The maximum absolute atomic E-state index is 13.0. The number of carbonyl (C=O) groups is 3. The highest BCUT2D eigenvalue weighted by molar-refractivity contribution is 6.42. The first kappa shape index (κ1) is 25.2. The highest BCUT2D eigenvalue weighted by Crippen LogP contribution is 2.30. The van der Waals surface area contributed by atoms with Gasteiger partial charge in [0.25, 0.3) is 17.5 Å². The third kappa shape index (κ3) is 5.33. The van der Waals surface area contributed by atoms with E-state index in [1.165, 1.54) is 30.3 Å². The molecular weight excluding hydrogens is 533 g/mol. The number of anilines is 1. The predicted molar refractivity (Wildman–Crippen MR) is 134 cm³/mol. The summed E-state index contributed by atoms with van der Waals surface area (Å²) >= 11 is 18.2. The Morgan fingerprint density at radius 3 is 2.42 bits per heavy atom. The fourth-order valence-corrected chi connectivity index (χ4v) is 3.88. The van der Waals surface area contributed by atoms with Crippen LogP contribution in [-0.2, 0) is 16.2 Å². The van der Waals surface area contributed by atoms with Crippen molar-refractivity contribution in [2.45, 2.75) is 6.61 Å². The first-order valence-corrected chi connectivity index (χ1v) is 11.3. The largest absolute Gasteiger partial charge is 0.487 e. The summed E-state index contributed by atoms with van der Waals surface area (Å²) in [7, 11) is 0. The van der Waals surface area contributed by atoms with Gasteiger partial charge in [-0.25, -0.2) is 9.69 Å². The number of amides is 4. The molecule has 0 aromatic heterocycles. The van der Waals surface area contributed by atoms with Crippen LogP contribution in [0.2, 0.25) is 15.1 Å². The molecule has 1 saturated heterocycles. The second-order valence-corrected chi connectivity index (χ2v) is 8.68. The molecule has 1 aliphatic heterocycles. The third-order valence-corrected chi connectivity index (χ3v) is 6.08. The number of hydrogen-bond acceptors (Lipinski definition) is 6. The Balaban J connectivity index is 1.57. The van der Waals surface area contributed by atoms with Gasteiger partial charge >= 0.3 is 6.03 Å². The zero-order valence-electron chi connectivity index (χ0n) is 18.0. The summed E-state index contributed by atoms with van der Waals surface area (Å²) in [6.45, 7) is 0.165. The van der Waals surface area contributed by atoms with Gasteiger partial charge < -0.3 is 4.74 Å².